The molecule has 2 amide bonds. The van der Waals surface area contributed by atoms with Gasteiger partial charge in [-0.15, -0.1) is 0 Å². The topological polar surface area (TPSA) is 70.2 Å². The summed E-state index contributed by atoms with van der Waals surface area (Å²) in [6, 6.07) is 13.2. The molecule has 0 unspecified atom stereocenters. The van der Waals surface area contributed by atoms with E-state index in [1.807, 2.05) is 45.0 Å². The molecule has 3 N–H and O–H groups in total. The van der Waals surface area contributed by atoms with Gasteiger partial charge >= 0.3 is 0 Å². The zero-order valence-corrected chi connectivity index (χ0v) is 15.8. The Balaban J connectivity index is 2.06. The van der Waals surface area contributed by atoms with Gasteiger partial charge in [0.05, 0.1) is 12.1 Å². The zero-order chi connectivity index (χ0) is 19.1. The number of para-hydroxylation sites is 2. The second-order valence-electron chi connectivity index (χ2n) is 6.54. The standard InChI is InChI=1S/C21H27N3O2/c1-5-16-10-8-9-15(4)20(16)24-19(25)13-22-18-12-7-6-11-17(18)21(26)23-14(2)3/h6-12,14,22H,5,13H2,1-4H3,(H,23,26)(H,24,25). The van der Waals surface area contributed by atoms with Crippen LogP contribution in [0.5, 0.6) is 0 Å². The average Bonchev–Trinajstić information content (AvgIpc) is 2.61. The van der Waals surface area contributed by atoms with Crippen molar-refractivity contribution in [2.45, 2.75) is 40.2 Å². The molecule has 0 bridgehead atoms. The van der Waals surface area contributed by atoms with Crippen LogP contribution in [-0.2, 0) is 11.2 Å². The Bertz CT molecular complexity index is 785. The number of anilines is 2. The predicted octanol–water partition coefficient (Wildman–Crippen LogP) is 3.75. The van der Waals surface area contributed by atoms with Crippen LogP contribution in [0.2, 0.25) is 0 Å². The van der Waals surface area contributed by atoms with E-state index in [1.54, 1.807) is 18.2 Å². The second kappa shape index (κ2) is 9.04. The molecule has 5 nitrogen and oxygen atoms in total. The molecule has 138 valence electrons. The first-order valence-electron chi connectivity index (χ1n) is 8.94. The summed E-state index contributed by atoms with van der Waals surface area (Å²) < 4.78 is 0. The molecular weight excluding hydrogens is 326 g/mol. The highest BCUT2D eigenvalue weighted by Gasteiger charge is 2.13. The Kier molecular flexibility index (Phi) is 6.78. The van der Waals surface area contributed by atoms with Crippen LogP contribution in [0.1, 0.15) is 42.3 Å². The first-order valence-corrected chi connectivity index (χ1v) is 8.94. The molecule has 2 aromatic carbocycles. The Morgan fingerprint density at radius 2 is 1.77 bits per heavy atom. The fourth-order valence-corrected chi connectivity index (χ4v) is 2.74. The van der Waals surface area contributed by atoms with Crippen LogP contribution < -0.4 is 16.0 Å². The lowest BCUT2D eigenvalue weighted by Gasteiger charge is -2.15. The van der Waals surface area contributed by atoms with E-state index in [2.05, 4.69) is 22.9 Å². The van der Waals surface area contributed by atoms with Crippen molar-refractivity contribution < 1.29 is 9.59 Å². The summed E-state index contributed by atoms with van der Waals surface area (Å²) in [5, 5.41) is 8.92. The van der Waals surface area contributed by atoms with Gasteiger partial charge in [0.25, 0.3) is 5.91 Å². The van der Waals surface area contributed by atoms with Gasteiger partial charge in [0.2, 0.25) is 5.91 Å². The molecule has 0 saturated carbocycles. The number of nitrogens with one attached hydrogen (secondary N) is 3. The predicted molar refractivity (Wildman–Crippen MR) is 107 cm³/mol. The van der Waals surface area contributed by atoms with Gasteiger partial charge in [-0.1, -0.05) is 37.3 Å². The number of amides is 2. The van der Waals surface area contributed by atoms with Gasteiger partial charge in [-0.05, 0) is 50.5 Å². The quantitative estimate of drug-likeness (QED) is 0.710. The minimum Gasteiger partial charge on any atom is -0.376 e. The van der Waals surface area contributed by atoms with Crippen LogP contribution in [-0.4, -0.2) is 24.4 Å². The number of hydrogen-bond donors (Lipinski definition) is 3. The molecule has 26 heavy (non-hydrogen) atoms. The second-order valence-corrected chi connectivity index (χ2v) is 6.54. The Hall–Kier alpha value is -2.82. The molecule has 5 heteroatoms. The molecule has 2 aromatic rings. The number of hydrogen-bond acceptors (Lipinski definition) is 3. The summed E-state index contributed by atoms with van der Waals surface area (Å²) in [5.74, 6) is -0.302. The van der Waals surface area contributed by atoms with Gasteiger partial charge in [-0.3, -0.25) is 9.59 Å². The first kappa shape index (κ1) is 19.5. The van der Waals surface area contributed by atoms with Crippen LogP contribution in [0.15, 0.2) is 42.5 Å². The highest BCUT2D eigenvalue weighted by atomic mass is 16.2. The highest BCUT2D eigenvalue weighted by Crippen LogP contribution is 2.21. The summed E-state index contributed by atoms with van der Waals surface area (Å²) >= 11 is 0. The van der Waals surface area contributed by atoms with Gasteiger partial charge in [0.1, 0.15) is 0 Å². The lowest BCUT2D eigenvalue weighted by atomic mass is 10.1. The number of aryl methyl sites for hydroxylation is 2. The molecule has 0 aromatic heterocycles. The zero-order valence-electron chi connectivity index (χ0n) is 15.8. The van der Waals surface area contributed by atoms with Gasteiger partial charge in [0.15, 0.2) is 0 Å². The number of carbonyl (C=O) groups excluding carboxylic acids is 2. The summed E-state index contributed by atoms with van der Waals surface area (Å²) in [7, 11) is 0. The molecule has 0 aliphatic carbocycles. The van der Waals surface area contributed by atoms with Crippen molar-refractivity contribution in [3.05, 3.63) is 59.2 Å². The van der Waals surface area contributed by atoms with Gasteiger partial charge in [-0.2, -0.15) is 0 Å². The molecule has 0 aliphatic heterocycles. The largest absolute Gasteiger partial charge is 0.376 e. The number of carbonyl (C=O) groups is 2. The molecule has 0 spiro atoms. The smallest absolute Gasteiger partial charge is 0.253 e. The molecule has 0 heterocycles. The van der Waals surface area contributed by atoms with E-state index in [1.165, 1.54) is 0 Å². The average molecular weight is 353 g/mol. The summed E-state index contributed by atoms with van der Waals surface area (Å²) in [6.07, 6.45) is 0.850. The SMILES string of the molecule is CCc1cccc(C)c1NC(=O)CNc1ccccc1C(=O)NC(C)C. The van der Waals surface area contributed by atoms with Gasteiger partial charge in [0, 0.05) is 17.4 Å². The molecule has 0 atom stereocenters. The van der Waals surface area contributed by atoms with E-state index in [0.717, 1.165) is 23.2 Å². The summed E-state index contributed by atoms with van der Waals surface area (Å²) in [5.41, 5.74) is 4.18. The normalized spacial score (nSPS) is 10.5. The third-order valence-electron chi connectivity index (χ3n) is 4.04. The maximum absolute atomic E-state index is 12.4. The van der Waals surface area contributed by atoms with E-state index >= 15 is 0 Å². The van der Waals surface area contributed by atoms with Gasteiger partial charge in [-0.25, -0.2) is 0 Å². The van der Waals surface area contributed by atoms with Crippen molar-refractivity contribution in [2.24, 2.45) is 0 Å². The Morgan fingerprint density at radius 1 is 1.04 bits per heavy atom. The monoisotopic (exact) mass is 353 g/mol. The fourth-order valence-electron chi connectivity index (χ4n) is 2.74. The van der Waals surface area contributed by atoms with Crippen LogP contribution in [0.3, 0.4) is 0 Å². The van der Waals surface area contributed by atoms with E-state index in [-0.39, 0.29) is 24.4 Å². The maximum Gasteiger partial charge on any atom is 0.253 e. The molecule has 2 rings (SSSR count). The molecule has 0 fully saturated rings. The van der Waals surface area contributed by atoms with Crippen molar-refractivity contribution in [3.63, 3.8) is 0 Å². The van der Waals surface area contributed by atoms with E-state index in [9.17, 15) is 9.59 Å². The highest BCUT2D eigenvalue weighted by molar-refractivity contribution is 6.01. The first-order chi connectivity index (χ1) is 12.4. The number of benzene rings is 2. The van der Waals surface area contributed by atoms with Gasteiger partial charge < -0.3 is 16.0 Å². The van der Waals surface area contributed by atoms with E-state index < -0.39 is 0 Å². The summed E-state index contributed by atoms with van der Waals surface area (Å²) in [6.45, 7) is 7.95. The van der Waals surface area contributed by atoms with Crippen molar-refractivity contribution >= 4 is 23.2 Å². The van der Waals surface area contributed by atoms with E-state index in [4.69, 9.17) is 0 Å². The van der Waals surface area contributed by atoms with Crippen LogP contribution in [0, 0.1) is 6.92 Å². The molecular formula is C21H27N3O2. The summed E-state index contributed by atoms with van der Waals surface area (Å²) in [4.78, 5) is 24.7. The van der Waals surface area contributed by atoms with Crippen molar-refractivity contribution in [3.8, 4) is 0 Å². The van der Waals surface area contributed by atoms with Crippen molar-refractivity contribution in [1.82, 2.24) is 5.32 Å². The maximum atomic E-state index is 12.4. The minimum atomic E-state index is -0.157. The van der Waals surface area contributed by atoms with Crippen molar-refractivity contribution in [1.29, 1.82) is 0 Å². The van der Waals surface area contributed by atoms with Crippen LogP contribution in [0.4, 0.5) is 11.4 Å². The fraction of sp³-hybridized carbons (Fsp3) is 0.333. The third kappa shape index (κ3) is 5.09. The molecule has 0 saturated heterocycles. The lowest BCUT2D eigenvalue weighted by Crippen LogP contribution is -2.31. The van der Waals surface area contributed by atoms with Crippen molar-refractivity contribution in [2.75, 3.05) is 17.2 Å². The Morgan fingerprint density at radius 3 is 2.46 bits per heavy atom. The Labute approximate surface area is 155 Å². The van der Waals surface area contributed by atoms with Crippen LogP contribution in [0.25, 0.3) is 0 Å². The minimum absolute atomic E-state index is 0.0485. The van der Waals surface area contributed by atoms with Crippen LogP contribution >= 0.6 is 0 Å². The number of rotatable bonds is 7. The molecule has 0 radical (unpaired) electrons. The third-order valence-corrected chi connectivity index (χ3v) is 4.04. The lowest BCUT2D eigenvalue weighted by molar-refractivity contribution is -0.114. The molecule has 0 aliphatic rings. The van der Waals surface area contributed by atoms with E-state index in [0.29, 0.717) is 11.3 Å².